The number of fused-ring (bicyclic) bond motifs is 3. The van der Waals surface area contributed by atoms with E-state index < -0.39 is 5.78 Å². The Hall–Kier alpha value is -4.77. The number of carbonyl (C=O) groups is 3. The first kappa shape index (κ1) is 33.6. The molecule has 1 fully saturated rings. The van der Waals surface area contributed by atoms with Crippen molar-refractivity contribution in [3.8, 4) is 28.7 Å². The Labute approximate surface area is 282 Å². The normalized spacial score (nSPS) is 14.7. The zero-order chi connectivity index (χ0) is 32.4. The summed E-state index contributed by atoms with van der Waals surface area (Å²) in [5.41, 5.74) is 2.15. The summed E-state index contributed by atoms with van der Waals surface area (Å²) in [5, 5.41) is 20.3. The van der Waals surface area contributed by atoms with Gasteiger partial charge in [0.05, 0.1) is 11.1 Å². The smallest absolute Gasteiger partial charge is 0.260 e. The number of hydrogen-bond donors (Lipinski definition) is 2. The van der Waals surface area contributed by atoms with Crippen LogP contribution in [0.15, 0.2) is 72.8 Å². The number of nitrogens with zero attached hydrogens (tertiary/aromatic N) is 2. The summed E-state index contributed by atoms with van der Waals surface area (Å²) >= 11 is 5.85. The number of amides is 1. The average molecular weight is 680 g/mol. The standard InChI is InChI=1S/C20H21ClN2O4.C15H10O4.ClH/c21-16-2-4-17(5-3-16)25-13-20(24)23-9-7-22(8-10-23)12-15-1-6-18-19(11-15)27-14-26-18;1-7-5-9-13(11(17)6-7)15(19)12-8(14(9)18)3-2-4-10(12)16;/h1-6,11H,7-10,12-14H2;2-6,16-17H,1H3;1H. The molecule has 244 valence electrons. The molecule has 3 aliphatic rings. The molecule has 4 aromatic rings. The molecule has 7 rings (SSSR count). The van der Waals surface area contributed by atoms with Gasteiger partial charge in [-0.1, -0.05) is 29.8 Å². The van der Waals surface area contributed by atoms with E-state index in [4.69, 9.17) is 25.8 Å². The minimum absolute atomic E-state index is 0. The third-order valence-corrected chi connectivity index (χ3v) is 8.24. The second kappa shape index (κ2) is 14.3. The molecule has 10 nitrogen and oxygen atoms in total. The number of aryl methyl sites for hydroxylation is 1. The number of hydrogen-bond acceptors (Lipinski definition) is 9. The fourth-order valence-electron chi connectivity index (χ4n) is 5.64. The Bertz CT molecular complexity index is 1820. The number of rotatable bonds is 5. The van der Waals surface area contributed by atoms with Gasteiger partial charge in [0, 0.05) is 48.9 Å². The van der Waals surface area contributed by atoms with Gasteiger partial charge in [-0.05, 0) is 72.6 Å². The van der Waals surface area contributed by atoms with E-state index in [2.05, 4.69) is 11.0 Å². The van der Waals surface area contributed by atoms with Crippen LogP contribution in [0.2, 0.25) is 5.02 Å². The van der Waals surface area contributed by atoms with E-state index >= 15 is 0 Å². The van der Waals surface area contributed by atoms with Crippen molar-refractivity contribution in [1.82, 2.24) is 9.80 Å². The van der Waals surface area contributed by atoms with Gasteiger partial charge in [0.2, 0.25) is 12.6 Å². The summed E-state index contributed by atoms with van der Waals surface area (Å²) in [6, 6.07) is 20.4. The predicted octanol–water partition coefficient (Wildman–Crippen LogP) is 5.40. The first-order valence-corrected chi connectivity index (χ1v) is 15.1. The first-order chi connectivity index (χ1) is 22.2. The highest BCUT2D eigenvalue weighted by Crippen LogP contribution is 2.37. The minimum atomic E-state index is -0.528. The molecule has 2 aliphatic heterocycles. The lowest BCUT2D eigenvalue weighted by molar-refractivity contribution is -0.135. The second-order valence-corrected chi connectivity index (χ2v) is 11.6. The third kappa shape index (κ3) is 7.30. The van der Waals surface area contributed by atoms with E-state index in [0.29, 0.717) is 29.4 Å². The summed E-state index contributed by atoms with van der Waals surface area (Å²) in [7, 11) is 0. The average Bonchev–Trinajstić information content (AvgIpc) is 3.51. The molecule has 0 aromatic heterocycles. The molecule has 0 radical (unpaired) electrons. The van der Waals surface area contributed by atoms with Crippen LogP contribution in [0.25, 0.3) is 0 Å². The molecule has 47 heavy (non-hydrogen) atoms. The molecule has 2 heterocycles. The molecular weight excluding hydrogens is 647 g/mol. The molecule has 0 atom stereocenters. The van der Waals surface area contributed by atoms with Crippen molar-refractivity contribution in [3.63, 3.8) is 0 Å². The number of piperazine rings is 1. The predicted molar refractivity (Wildman–Crippen MR) is 176 cm³/mol. The quantitative estimate of drug-likeness (QED) is 0.251. The van der Waals surface area contributed by atoms with Crippen molar-refractivity contribution in [3.05, 3.63) is 111 Å². The lowest BCUT2D eigenvalue weighted by Gasteiger charge is -2.34. The molecule has 12 heteroatoms. The molecule has 0 saturated carbocycles. The van der Waals surface area contributed by atoms with Crippen LogP contribution in [0.3, 0.4) is 0 Å². The van der Waals surface area contributed by atoms with Crippen molar-refractivity contribution in [2.75, 3.05) is 39.6 Å². The van der Waals surface area contributed by atoms with Gasteiger partial charge in [-0.15, -0.1) is 12.4 Å². The van der Waals surface area contributed by atoms with E-state index in [1.807, 2.05) is 17.0 Å². The maximum Gasteiger partial charge on any atom is 0.260 e. The second-order valence-electron chi connectivity index (χ2n) is 11.2. The molecule has 0 bridgehead atoms. The first-order valence-electron chi connectivity index (χ1n) is 14.7. The van der Waals surface area contributed by atoms with Crippen molar-refractivity contribution < 1.29 is 38.8 Å². The summed E-state index contributed by atoms with van der Waals surface area (Å²) < 4.78 is 16.3. The summed E-state index contributed by atoms with van der Waals surface area (Å²) in [6.45, 7) is 5.97. The van der Waals surface area contributed by atoms with Gasteiger partial charge >= 0.3 is 0 Å². The zero-order valence-electron chi connectivity index (χ0n) is 25.4. The third-order valence-electron chi connectivity index (χ3n) is 7.99. The molecule has 1 amide bonds. The van der Waals surface area contributed by atoms with Gasteiger partial charge in [0.1, 0.15) is 17.2 Å². The fourth-order valence-corrected chi connectivity index (χ4v) is 5.77. The van der Waals surface area contributed by atoms with Gasteiger partial charge < -0.3 is 29.3 Å². The fraction of sp³-hybridized carbons (Fsp3) is 0.229. The van der Waals surface area contributed by atoms with Gasteiger partial charge in [-0.2, -0.15) is 0 Å². The summed E-state index contributed by atoms with van der Waals surface area (Å²) in [5.74, 6) is 0.890. The molecule has 1 saturated heterocycles. The molecular formula is C35H32Cl2N2O8. The number of carbonyl (C=O) groups excluding carboxylic acids is 3. The monoisotopic (exact) mass is 678 g/mol. The Kier molecular flexibility index (Phi) is 10.2. The van der Waals surface area contributed by atoms with E-state index in [9.17, 15) is 24.6 Å². The molecule has 1 aliphatic carbocycles. The van der Waals surface area contributed by atoms with Crippen LogP contribution in [-0.2, 0) is 11.3 Å². The van der Waals surface area contributed by atoms with Crippen molar-refractivity contribution in [2.24, 2.45) is 0 Å². The van der Waals surface area contributed by atoms with E-state index in [1.165, 1.54) is 29.8 Å². The lowest BCUT2D eigenvalue weighted by Crippen LogP contribution is -2.49. The maximum absolute atomic E-state index is 12.4. The van der Waals surface area contributed by atoms with Gasteiger partial charge in [0.25, 0.3) is 5.91 Å². The highest BCUT2D eigenvalue weighted by atomic mass is 35.5. The van der Waals surface area contributed by atoms with Crippen LogP contribution in [0.5, 0.6) is 28.7 Å². The van der Waals surface area contributed by atoms with Crippen LogP contribution in [-0.4, -0.2) is 77.1 Å². The Morgan fingerprint density at radius 1 is 0.830 bits per heavy atom. The zero-order valence-corrected chi connectivity index (χ0v) is 27.0. The van der Waals surface area contributed by atoms with Gasteiger partial charge in [-0.3, -0.25) is 19.3 Å². The van der Waals surface area contributed by atoms with Crippen molar-refractivity contribution >= 4 is 41.5 Å². The number of ether oxygens (including phenoxy) is 3. The van der Waals surface area contributed by atoms with E-state index in [-0.39, 0.29) is 71.3 Å². The number of aromatic hydroxyl groups is 2. The van der Waals surface area contributed by atoms with Crippen molar-refractivity contribution in [2.45, 2.75) is 13.5 Å². The van der Waals surface area contributed by atoms with Gasteiger partial charge in [0.15, 0.2) is 23.9 Å². The highest BCUT2D eigenvalue weighted by Gasteiger charge is 2.34. The molecule has 4 aromatic carbocycles. The number of benzene rings is 4. The Morgan fingerprint density at radius 2 is 1.53 bits per heavy atom. The SMILES string of the molecule is Cc1cc(O)c2c(c1)C(=O)c1cccc(O)c1C2=O.Cl.O=C(COc1ccc(Cl)cc1)N1CCN(Cc2ccc3c(c2)OCO3)CC1. The van der Waals surface area contributed by atoms with Gasteiger partial charge in [-0.25, -0.2) is 0 Å². The highest BCUT2D eigenvalue weighted by molar-refractivity contribution is 6.31. The summed E-state index contributed by atoms with van der Waals surface area (Å²) in [6.07, 6.45) is 0. The van der Waals surface area contributed by atoms with Crippen LogP contribution in [0.1, 0.15) is 43.0 Å². The molecule has 0 spiro atoms. The molecule has 2 N–H and O–H groups in total. The number of phenols is 2. The number of halogens is 2. The number of phenolic OH excluding ortho intramolecular Hbond substituents is 2. The van der Waals surface area contributed by atoms with Crippen LogP contribution in [0, 0.1) is 6.92 Å². The lowest BCUT2D eigenvalue weighted by atomic mass is 9.82. The largest absolute Gasteiger partial charge is 0.507 e. The van der Waals surface area contributed by atoms with Crippen LogP contribution < -0.4 is 14.2 Å². The Morgan fingerprint density at radius 3 is 2.28 bits per heavy atom. The van der Waals surface area contributed by atoms with Crippen molar-refractivity contribution in [1.29, 1.82) is 0 Å². The van der Waals surface area contributed by atoms with Crippen LogP contribution in [0.4, 0.5) is 0 Å². The van der Waals surface area contributed by atoms with E-state index in [1.54, 1.807) is 37.3 Å². The van der Waals surface area contributed by atoms with Crippen LogP contribution >= 0.6 is 24.0 Å². The topological polar surface area (TPSA) is 126 Å². The summed E-state index contributed by atoms with van der Waals surface area (Å²) in [4.78, 5) is 41.2. The Balaban J connectivity index is 0.000000191. The number of ketones is 2. The molecule has 0 unspecified atom stereocenters. The minimum Gasteiger partial charge on any atom is -0.507 e. The van der Waals surface area contributed by atoms with E-state index in [0.717, 1.165) is 31.1 Å². The maximum atomic E-state index is 12.4.